The quantitative estimate of drug-likeness (QED) is 0.830. The van der Waals surface area contributed by atoms with Gasteiger partial charge in [0.1, 0.15) is 17.5 Å². The number of ether oxygens (including phenoxy) is 1. The second-order valence-electron chi connectivity index (χ2n) is 3.79. The topological polar surface area (TPSA) is 71.9 Å². The summed E-state index contributed by atoms with van der Waals surface area (Å²) in [5, 5.41) is 8.72. The predicted molar refractivity (Wildman–Crippen MR) is 69.0 cm³/mol. The molecular weight excluding hydrogens is 226 g/mol. The van der Waals surface area contributed by atoms with Crippen LogP contribution >= 0.6 is 0 Å². The lowest BCUT2D eigenvalue weighted by atomic mass is 10.1. The second kappa shape index (κ2) is 5.69. The van der Waals surface area contributed by atoms with Gasteiger partial charge >= 0.3 is 0 Å². The number of anilines is 1. The molecule has 0 aliphatic carbocycles. The van der Waals surface area contributed by atoms with Crippen LogP contribution in [0.4, 0.5) is 5.69 Å². The third kappa shape index (κ3) is 2.98. The van der Waals surface area contributed by atoms with E-state index in [1.54, 1.807) is 18.3 Å². The number of hydrogen-bond acceptors (Lipinski definition) is 4. The van der Waals surface area contributed by atoms with Crippen LogP contribution in [0.5, 0.6) is 5.75 Å². The Morgan fingerprint density at radius 1 is 1.28 bits per heavy atom. The van der Waals surface area contributed by atoms with Crippen LogP contribution in [0.3, 0.4) is 0 Å². The Morgan fingerprint density at radius 3 is 2.89 bits per heavy atom. The van der Waals surface area contributed by atoms with Crippen LogP contribution in [-0.4, -0.2) is 11.6 Å². The minimum Gasteiger partial charge on any atom is -0.493 e. The van der Waals surface area contributed by atoms with Gasteiger partial charge in [0.2, 0.25) is 0 Å². The van der Waals surface area contributed by atoms with Gasteiger partial charge in [-0.15, -0.1) is 0 Å². The lowest BCUT2D eigenvalue weighted by Gasteiger charge is -2.07. The molecule has 0 aliphatic rings. The Morgan fingerprint density at radius 2 is 2.11 bits per heavy atom. The normalized spacial score (nSPS) is 9.72. The Hall–Kier alpha value is -2.54. The highest BCUT2D eigenvalue weighted by molar-refractivity contribution is 5.46. The summed E-state index contributed by atoms with van der Waals surface area (Å²) in [5.74, 6) is 0.649. The van der Waals surface area contributed by atoms with Gasteiger partial charge in [0.15, 0.2) is 0 Å². The molecule has 2 rings (SSSR count). The monoisotopic (exact) mass is 239 g/mol. The molecule has 0 bridgehead atoms. The van der Waals surface area contributed by atoms with Crippen LogP contribution in [-0.2, 0) is 6.42 Å². The minimum absolute atomic E-state index is 0.353. The molecule has 0 fully saturated rings. The average Bonchev–Trinajstić information content (AvgIpc) is 2.41. The highest BCUT2D eigenvalue weighted by Gasteiger charge is 2.00. The number of pyridine rings is 1. The zero-order valence-corrected chi connectivity index (χ0v) is 9.84. The molecule has 0 saturated carbocycles. The molecule has 18 heavy (non-hydrogen) atoms. The molecule has 2 aromatic rings. The fourth-order valence-corrected chi connectivity index (χ4v) is 1.60. The number of nitriles is 1. The SMILES string of the molecule is N#Cc1cc(OCCc2ccccc2N)ccn1. The van der Waals surface area contributed by atoms with E-state index in [0.29, 0.717) is 18.1 Å². The van der Waals surface area contributed by atoms with E-state index in [4.69, 9.17) is 15.7 Å². The Balaban J connectivity index is 1.93. The lowest BCUT2D eigenvalue weighted by molar-refractivity contribution is 0.321. The number of benzene rings is 1. The van der Waals surface area contributed by atoms with E-state index in [1.807, 2.05) is 30.3 Å². The number of aromatic nitrogens is 1. The number of nitrogens with two attached hydrogens (primary N) is 1. The predicted octanol–water partition coefficient (Wildman–Crippen LogP) is 2.16. The first-order valence-corrected chi connectivity index (χ1v) is 5.62. The standard InChI is InChI=1S/C14H13N3O/c15-10-12-9-13(5-7-17-12)18-8-6-11-3-1-2-4-14(11)16/h1-5,7,9H,6,8,16H2. The summed E-state index contributed by atoms with van der Waals surface area (Å²) >= 11 is 0. The molecule has 4 nitrogen and oxygen atoms in total. The van der Waals surface area contributed by atoms with Gasteiger partial charge in [-0.1, -0.05) is 18.2 Å². The first kappa shape index (κ1) is 11.9. The summed E-state index contributed by atoms with van der Waals surface area (Å²) in [6.45, 7) is 0.517. The molecule has 4 heteroatoms. The number of para-hydroxylation sites is 1. The molecule has 1 aromatic heterocycles. The van der Waals surface area contributed by atoms with E-state index >= 15 is 0 Å². The largest absolute Gasteiger partial charge is 0.493 e. The van der Waals surface area contributed by atoms with Crippen molar-refractivity contribution in [2.45, 2.75) is 6.42 Å². The van der Waals surface area contributed by atoms with Crippen molar-refractivity contribution in [2.24, 2.45) is 0 Å². The van der Waals surface area contributed by atoms with Crippen LogP contribution in [0, 0.1) is 11.3 Å². The van der Waals surface area contributed by atoms with Gasteiger partial charge in [-0.25, -0.2) is 4.98 Å². The first-order valence-electron chi connectivity index (χ1n) is 5.62. The zero-order chi connectivity index (χ0) is 12.8. The third-order valence-electron chi connectivity index (χ3n) is 2.54. The maximum atomic E-state index is 8.72. The molecule has 2 N–H and O–H groups in total. The smallest absolute Gasteiger partial charge is 0.144 e. The number of nitrogens with zero attached hydrogens (tertiary/aromatic N) is 2. The van der Waals surface area contributed by atoms with Gasteiger partial charge in [-0.05, 0) is 17.7 Å². The summed E-state index contributed by atoms with van der Waals surface area (Å²) in [7, 11) is 0. The maximum absolute atomic E-state index is 8.72. The molecule has 90 valence electrons. The highest BCUT2D eigenvalue weighted by Crippen LogP contribution is 2.14. The molecular formula is C14H13N3O. The van der Waals surface area contributed by atoms with Gasteiger partial charge in [0.05, 0.1) is 6.61 Å². The zero-order valence-electron chi connectivity index (χ0n) is 9.84. The van der Waals surface area contributed by atoms with Crippen molar-refractivity contribution in [1.29, 1.82) is 5.26 Å². The van der Waals surface area contributed by atoms with Gasteiger partial charge in [0, 0.05) is 24.4 Å². The number of hydrogen-bond donors (Lipinski definition) is 1. The molecule has 0 aliphatic heterocycles. The van der Waals surface area contributed by atoms with E-state index in [1.165, 1.54) is 0 Å². The Bertz CT molecular complexity index is 575. The fourth-order valence-electron chi connectivity index (χ4n) is 1.60. The average molecular weight is 239 g/mol. The van der Waals surface area contributed by atoms with Gasteiger partial charge < -0.3 is 10.5 Å². The summed E-state index contributed by atoms with van der Waals surface area (Å²) in [6, 6.07) is 13.0. The Labute approximate surface area is 106 Å². The Kier molecular flexibility index (Phi) is 3.77. The van der Waals surface area contributed by atoms with Crippen molar-refractivity contribution in [3.63, 3.8) is 0 Å². The molecule has 0 radical (unpaired) electrons. The van der Waals surface area contributed by atoms with Crippen molar-refractivity contribution in [3.8, 4) is 11.8 Å². The fraction of sp³-hybridized carbons (Fsp3) is 0.143. The molecule has 1 aromatic carbocycles. The van der Waals surface area contributed by atoms with Crippen molar-refractivity contribution >= 4 is 5.69 Å². The summed E-state index contributed by atoms with van der Waals surface area (Å²) in [5.41, 5.74) is 8.02. The van der Waals surface area contributed by atoms with E-state index in [0.717, 1.165) is 17.7 Å². The molecule has 0 spiro atoms. The molecule has 0 unspecified atom stereocenters. The summed E-state index contributed by atoms with van der Waals surface area (Å²) in [4.78, 5) is 3.88. The minimum atomic E-state index is 0.353. The number of rotatable bonds is 4. The van der Waals surface area contributed by atoms with E-state index < -0.39 is 0 Å². The van der Waals surface area contributed by atoms with E-state index in [-0.39, 0.29) is 0 Å². The molecule has 0 atom stereocenters. The molecule has 0 saturated heterocycles. The van der Waals surface area contributed by atoms with Crippen molar-refractivity contribution in [1.82, 2.24) is 4.98 Å². The first-order chi connectivity index (χ1) is 8.79. The molecule has 0 amide bonds. The van der Waals surface area contributed by atoms with Crippen LogP contribution in [0.15, 0.2) is 42.6 Å². The van der Waals surface area contributed by atoms with Crippen LogP contribution in [0.25, 0.3) is 0 Å². The van der Waals surface area contributed by atoms with Crippen molar-refractivity contribution in [2.75, 3.05) is 12.3 Å². The van der Waals surface area contributed by atoms with Gasteiger partial charge in [0.25, 0.3) is 0 Å². The number of nitrogen functional groups attached to an aromatic ring is 1. The third-order valence-corrected chi connectivity index (χ3v) is 2.54. The summed E-state index contributed by atoms with van der Waals surface area (Å²) in [6.07, 6.45) is 2.29. The maximum Gasteiger partial charge on any atom is 0.144 e. The van der Waals surface area contributed by atoms with Crippen LogP contribution in [0.1, 0.15) is 11.3 Å². The van der Waals surface area contributed by atoms with Crippen molar-refractivity contribution < 1.29 is 4.74 Å². The van der Waals surface area contributed by atoms with Gasteiger partial charge in [-0.3, -0.25) is 0 Å². The van der Waals surface area contributed by atoms with E-state index in [2.05, 4.69) is 4.98 Å². The van der Waals surface area contributed by atoms with Gasteiger partial charge in [-0.2, -0.15) is 5.26 Å². The lowest BCUT2D eigenvalue weighted by Crippen LogP contribution is -2.04. The summed E-state index contributed by atoms with van der Waals surface area (Å²) < 4.78 is 5.56. The van der Waals surface area contributed by atoms with Crippen molar-refractivity contribution in [3.05, 3.63) is 53.9 Å². The van der Waals surface area contributed by atoms with Crippen LogP contribution < -0.4 is 10.5 Å². The highest BCUT2D eigenvalue weighted by atomic mass is 16.5. The van der Waals surface area contributed by atoms with Crippen LogP contribution in [0.2, 0.25) is 0 Å². The van der Waals surface area contributed by atoms with E-state index in [9.17, 15) is 0 Å². The second-order valence-corrected chi connectivity index (χ2v) is 3.79. The molecule has 1 heterocycles.